The molecular formula is C22H20ClNO. The predicted molar refractivity (Wildman–Crippen MR) is 107 cm³/mol. The molecule has 0 saturated heterocycles. The van der Waals surface area contributed by atoms with Crippen LogP contribution in [0.4, 0.5) is 5.69 Å². The molecule has 2 nitrogen and oxygen atoms in total. The molecule has 1 amide bonds. The van der Waals surface area contributed by atoms with Gasteiger partial charge in [-0.05, 0) is 47.4 Å². The summed E-state index contributed by atoms with van der Waals surface area (Å²) in [6.07, 6.45) is 0. The van der Waals surface area contributed by atoms with Gasteiger partial charge < -0.3 is 0 Å². The zero-order valence-corrected chi connectivity index (χ0v) is 15.2. The minimum absolute atomic E-state index is 0.0968. The first-order valence-corrected chi connectivity index (χ1v) is 8.69. The summed E-state index contributed by atoms with van der Waals surface area (Å²) in [5.41, 5.74) is 4.42. The number of carbonyl (C=O) groups excluding carboxylic acids is 1. The summed E-state index contributed by atoms with van der Waals surface area (Å²) in [6, 6.07) is 20.2. The SMILES string of the molecule is C=C(c1ccc2ccccc2c1)N(C(=O)CCl)c1c(C)cccc1C. The number of anilines is 1. The van der Waals surface area contributed by atoms with Crippen LogP contribution in [-0.4, -0.2) is 11.8 Å². The number of para-hydroxylation sites is 1. The van der Waals surface area contributed by atoms with Crippen molar-refractivity contribution >= 4 is 39.7 Å². The Labute approximate surface area is 153 Å². The zero-order valence-electron chi connectivity index (χ0n) is 14.4. The van der Waals surface area contributed by atoms with E-state index in [2.05, 4.69) is 24.8 Å². The summed E-state index contributed by atoms with van der Waals surface area (Å²) in [7, 11) is 0. The fourth-order valence-corrected chi connectivity index (χ4v) is 3.25. The highest BCUT2D eigenvalue weighted by molar-refractivity contribution is 6.31. The second kappa shape index (κ2) is 7.12. The molecule has 0 unspecified atom stereocenters. The number of hydrogen-bond acceptors (Lipinski definition) is 1. The van der Waals surface area contributed by atoms with Crippen LogP contribution < -0.4 is 4.90 Å². The molecule has 0 radical (unpaired) electrons. The van der Waals surface area contributed by atoms with E-state index < -0.39 is 0 Å². The molecular weight excluding hydrogens is 330 g/mol. The molecule has 0 heterocycles. The molecule has 126 valence electrons. The van der Waals surface area contributed by atoms with E-state index in [0.717, 1.165) is 33.2 Å². The minimum atomic E-state index is -0.183. The number of fused-ring (bicyclic) bond motifs is 1. The van der Waals surface area contributed by atoms with E-state index in [0.29, 0.717) is 5.70 Å². The quantitative estimate of drug-likeness (QED) is 0.553. The Morgan fingerprint density at radius 2 is 1.60 bits per heavy atom. The number of aryl methyl sites for hydroxylation is 2. The van der Waals surface area contributed by atoms with Crippen molar-refractivity contribution in [3.63, 3.8) is 0 Å². The van der Waals surface area contributed by atoms with Crippen LogP contribution in [0.25, 0.3) is 16.5 Å². The van der Waals surface area contributed by atoms with Crippen molar-refractivity contribution in [2.75, 3.05) is 10.8 Å². The standard InChI is InChI=1S/C22H20ClNO/c1-15-7-6-8-16(2)22(15)24(21(25)14-23)17(3)19-12-11-18-9-4-5-10-20(18)13-19/h4-13H,3,14H2,1-2H3. The minimum Gasteiger partial charge on any atom is -0.279 e. The lowest BCUT2D eigenvalue weighted by Gasteiger charge is -2.28. The summed E-state index contributed by atoms with van der Waals surface area (Å²) in [4.78, 5) is 14.3. The molecule has 3 aromatic carbocycles. The Hall–Kier alpha value is -2.58. The van der Waals surface area contributed by atoms with E-state index in [4.69, 9.17) is 11.6 Å². The van der Waals surface area contributed by atoms with Gasteiger partial charge in [-0.2, -0.15) is 0 Å². The van der Waals surface area contributed by atoms with E-state index in [1.165, 1.54) is 0 Å². The number of halogens is 1. The first-order valence-electron chi connectivity index (χ1n) is 8.16. The molecule has 0 aromatic heterocycles. The van der Waals surface area contributed by atoms with E-state index in [1.807, 2.05) is 56.3 Å². The zero-order chi connectivity index (χ0) is 18.0. The van der Waals surface area contributed by atoms with Crippen LogP contribution in [0.3, 0.4) is 0 Å². The number of hydrogen-bond donors (Lipinski definition) is 0. The number of nitrogens with zero attached hydrogens (tertiary/aromatic N) is 1. The third-order valence-corrected chi connectivity index (χ3v) is 4.61. The van der Waals surface area contributed by atoms with Gasteiger partial charge in [0.05, 0.1) is 5.69 Å². The van der Waals surface area contributed by atoms with Gasteiger partial charge in [0.15, 0.2) is 0 Å². The largest absolute Gasteiger partial charge is 0.279 e. The third kappa shape index (κ3) is 3.31. The van der Waals surface area contributed by atoms with Gasteiger partial charge in [0.1, 0.15) is 5.88 Å². The van der Waals surface area contributed by atoms with Gasteiger partial charge in [-0.15, -0.1) is 11.6 Å². The average Bonchev–Trinajstić information content (AvgIpc) is 2.63. The third-order valence-electron chi connectivity index (χ3n) is 4.38. The molecule has 0 aliphatic carbocycles. The van der Waals surface area contributed by atoms with Gasteiger partial charge in [-0.1, -0.05) is 61.2 Å². The lowest BCUT2D eigenvalue weighted by atomic mass is 10.0. The van der Waals surface area contributed by atoms with Crippen molar-refractivity contribution in [1.82, 2.24) is 0 Å². The van der Waals surface area contributed by atoms with Crippen LogP contribution in [0.2, 0.25) is 0 Å². The second-order valence-electron chi connectivity index (χ2n) is 6.11. The van der Waals surface area contributed by atoms with Crippen molar-refractivity contribution in [2.24, 2.45) is 0 Å². The Bertz CT molecular complexity index is 941. The Morgan fingerprint density at radius 3 is 2.24 bits per heavy atom. The maximum atomic E-state index is 12.6. The van der Waals surface area contributed by atoms with Crippen molar-refractivity contribution in [3.8, 4) is 0 Å². The smallest absolute Gasteiger partial charge is 0.246 e. The number of benzene rings is 3. The normalized spacial score (nSPS) is 10.7. The summed E-state index contributed by atoms with van der Waals surface area (Å²) >= 11 is 5.90. The molecule has 0 fully saturated rings. The fourth-order valence-electron chi connectivity index (χ4n) is 3.13. The van der Waals surface area contributed by atoms with Crippen LogP contribution in [0.15, 0.2) is 67.2 Å². The molecule has 0 N–H and O–H groups in total. The summed E-state index contributed by atoms with van der Waals surface area (Å²) in [5.74, 6) is -0.280. The molecule has 25 heavy (non-hydrogen) atoms. The van der Waals surface area contributed by atoms with Crippen molar-refractivity contribution < 1.29 is 4.79 Å². The number of amides is 1. The topological polar surface area (TPSA) is 20.3 Å². The number of carbonyl (C=O) groups is 1. The first kappa shape index (κ1) is 17.2. The van der Waals surface area contributed by atoms with Gasteiger partial charge in [0.2, 0.25) is 5.91 Å². The molecule has 3 aromatic rings. The summed E-state index contributed by atoms with van der Waals surface area (Å²) in [6.45, 7) is 8.19. The first-order chi connectivity index (χ1) is 12.0. The average molecular weight is 350 g/mol. The van der Waals surface area contributed by atoms with Crippen molar-refractivity contribution in [1.29, 1.82) is 0 Å². The lowest BCUT2D eigenvalue weighted by molar-refractivity contribution is -0.115. The molecule has 0 spiro atoms. The highest BCUT2D eigenvalue weighted by Crippen LogP contribution is 2.32. The number of alkyl halides is 1. The van der Waals surface area contributed by atoms with Crippen LogP contribution >= 0.6 is 11.6 Å². The van der Waals surface area contributed by atoms with Crippen molar-refractivity contribution in [3.05, 3.63) is 83.9 Å². The molecule has 3 rings (SSSR count). The van der Waals surface area contributed by atoms with Gasteiger partial charge >= 0.3 is 0 Å². The maximum absolute atomic E-state index is 12.6. The fraction of sp³-hybridized carbons (Fsp3) is 0.136. The van der Waals surface area contributed by atoms with E-state index in [9.17, 15) is 4.79 Å². The van der Waals surface area contributed by atoms with Crippen LogP contribution in [0, 0.1) is 13.8 Å². The highest BCUT2D eigenvalue weighted by Gasteiger charge is 2.22. The Kier molecular flexibility index (Phi) is 4.91. The second-order valence-corrected chi connectivity index (χ2v) is 6.38. The summed E-state index contributed by atoms with van der Waals surface area (Å²) in [5, 5.41) is 2.27. The monoisotopic (exact) mass is 349 g/mol. The van der Waals surface area contributed by atoms with Gasteiger partial charge in [-0.3, -0.25) is 9.69 Å². The van der Waals surface area contributed by atoms with Crippen molar-refractivity contribution in [2.45, 2.75) is 13.8 Å². The molecule has 0 aliphatic heterocycles. The maximum Gasteiger partial charge on any atom is 0.246 e. The molecule has 0 atom stereocenters. The van der Waals surface area contributed by atoms with Gasteiger partial charge in [-0.25, -0.2) is 0 Å². The van der Waals surface area contributed by atoms with Crippen LogP contribution in [0.5, 0.6) is 0 Å². The van der Waals surface area contributed by atoms with Crippen LogP contribution in [0.1, 0.15) is 16.7 Å². The molecule has 3 heteroatoms. The summed E-state index contributed by atoms with van der Waals surface area (Å²) < 4.78 is 0. The van der Waals surface area contributed by atoms with E-state index >= 15 is 0 Å². The Morgan fingerprint density at radius 1 is 0.960 bits per heavy atom. The van der Waals surface area contributed by atoms with Gasteiger partial charge in [0, 0.05) is 5.70 Å². The molecule has 0 aliphatic rings. The number of rotatable bonds is 4. The Balaban J connectivity index is 2.12. The predicted octanol–water partition coefficient (Wildman–Crippen LogP) is 5.70. The van der Waals surface area contributed by atoms with E-state index in [-0.39, 0.29) is 11.8 Å². The van der Waals surface area contributed by atoms with Crippen LogP contribution in [-0.2, 0) is 4.79 Å². The molecule has 0 bridgehead atoms. The highest BCUT2D eigenvalue weighted by atomic mass is 35.5. The van der Waals surface area contributed by atoms with E-state index in [1.54, 1.807) is 4.90 Å². The lowest BCUT2D eigenvalue weighted by Crippen LogP contribution is -2.31. The van der Waals surface area contributed by atoms with Gasteiger partial charge in [0.25, 0.3) is 0 Å². The molecule has 0 saturated carbocycles.